The van der Waals surface area contributed by atoms with E-state index in [4.69, 9.17) is 16.3 Å². The molecule has 0 aliphatic rings. The fourth-order valence-corrected chi connectivity index (χ4v) is 3.22. The standard InChI is InChI=1S/C15H15BrClNOS/c1-19-15-13(16)7-11(17)8-14(15)18-9-10-3-5-12(20-2)6-4-10/h3-8,18H,9H2,1-2H3. The molecule has 2 aromatic rings. The molecule has 2 aromatic carbocycles. The summed E-state index contributed by atoms with van der Waals surface area (Å²) in [4.78, 5) is 1.26. The van der Waals surface area contributed by atoms with E-state index in [1.54, 1.807) is 18.9 Å². The van der Waals surface area contributed by atoms with Crippen molar-refractivity contribution in [3.8, 4) is 5.75 Å². The first-order valence-corrected chi connectivity index (χ1v) is 8.43. The van der Waals surface area contributed by atoms with Crippen LogP contribution in [0.15, 0.2) is 45.8 Å². The third-order valence-electron chi connectivity index (χ3n) is 2.85. The number of ether oxygens (including phenoxy) is 1. The molecule has 0 amide bonds. The van der Waals surface area contributed by atoms with Crippen LogP contribution in [0.4, 0.5) is 5.69 Å². The second-order valence-electron chi connectivity index (χ2n) is 4.17. The average molecular weight is 373 g/mol. The lowest BCUT2D eigenvalue weighted by molar-refractivity contribution is 0.414. The van der Waals surface area contributed by atoms with Gasteiger partial charge in [-0.3, -0.25) is 0 Å². The summed E-state index contributed by atoms with van der Waals surface area (Å²) >= 11 is 11.3. The van der Waals surface area contributed by atoms with E-state index in [9.17, 15) is 0 Å². The van der Waals surface area contributed by atoms with Crippen molar-refractivity contribution < 1.29 is 4.74 Å². The topological polar surface area (TPSA) is 21.3 Å². The van der Waals surface area contributed by atoms with Crippen molar-refractivity contribution in [1.29, 1.82) is 0 Å². The monoisotopic (exact) mass is 371 g/mol. The SMILES string of the molecule is COc1c(Br)cc(Cl)cc1NCc1ccc(SC)cc1. The highest BCUT2D eigenvalue weighted by molar-refractivity contribution is 9.10. The fraction of sp³-hybridized carbons (Fsp3) is 0.200. The van der Waals surface area contributed by atoms with Crippen LogP contribution < -0.4 is 10.1 Å². The molecule has 0 saturated heterocycles. The van der Waals surface area contributed by atoms with Crippen molar-refractivity contribution in [3.63, 3.8) is 0 Å². The molecule has 0 saturated carbocycles. The Kier molecular flexibility index (Phi) is 5.64. The van der Waals surface area contributed by atoms with Gasteiger partial charge in [-0.1, -0.05) is 23.7 Å². The number of anilines is 1. The Hall–Kier alpha value is -0.840. The number of thioether (sulfide) groups is 1. The molecule has 5 heteroatoms. The molecule has 0 spiro atoms. The Labute approximate surface area is 137 Å². The van der Waals surface area contributed by atoms with Crippen LogP contribution in [0.25, 0.3) is 0 Å². The largest absolute Gasteiger partial charge is 0.493 e. The van der Waals surface area contributed by atoms with Crippen LogP contribution in [0.3, 0.4) is 0 Å². The van der Waals surface area contributed by atoms with Crippen LogP contribution in [-0.4, -0.2) is 13.4 Å². The van der Waals surface area contributed by atoms with Crippen LogP contribution in [0.5, 0.6) is 5.75 Å². The van der Waals surface area contributed by atoms with Gasteiger partial charge < -0.3 is 10.1 Å². The molecule has 0 atom stereocenters. The minimum absolute atomic E-state index is 0.665. The van der Waals surface area contributed by atoms with Gasteiger partial charge in [0.25, 0.3) is 0 Å². The van der Waals surface area contributed by atoms with Gasteiger partial charge in [-0.15, -0.1) is 11.8 Å². The summed E-state index contributed by atoms with van der Waals surface area (Å²) in [5.41, 5.74) is 2.08. The summed E-state index contributed by atoms with van der Waals surface area (Å²) in [5, 5.41) is 4.02. The third kappa shape index (κ3) is 3.84. The molecule has 0 bridgehead atoms. The lowest BCUT2D eigenvalue weighted by atomic mass is 10.2. The predicted octanol–water partition coefficient (Wildman–Crippen LogP) is 5.45. The number of benzene rings is 2. The lowest BCUT2D eigenvalue weighted by Crippen LogP contribution is -2.01. The summed E-state index contributed by atoms with van der Waals surface area (Å²) in [5.74, 6) is 0.759. The molecular weight excluding hydrogens is 358 g/mol. The van der Waals surface area contributed by atoms with Crippen molar-refractivity contribution in [2.45, 2.75) is 11.4 Å². The molecular formula is C15H15BrClNOS. The van der Waals surface area contributed by atoms with E-state index in [0.717, 1.165) is 22.5 Å². The number of hydrogen-bond donors (Lipinski definition) is 1. The molecule has 106 valence electrons. The zero-order chi connectivity index (χ0) is 14.5. The third-order valence-corrected chi connectivity index (χ3v) is 4.41. The first-order chi connectivity index (χ1) is 9.63. The summed E-state index contributed by atoms with van der Waals surface area (Å²) in [6.07, 6.45) is 2.07. The molecule has 0 aliphatic carbocycles. The van der Waals surface area contributed by atoms with Gasteiger partial charge in [0, 0.05) is 16.5 Å². The molecule has 1 N–H and O–H groups in total. The second kappa shape index (κ2) is 7.25. The van der Waals surface area contributed by atoms with Crippen molar-refractivity contribution in [2.24, 2.45) is 0 Å². The van der Waals surface area contributed by atoms with E-state index in [2.05, 4.69) is 51.8 Å². The van der Waals surface area contributed by atoms with E-state index >= 15 is 0 Å². The Balaban J connectivity index is 2.13. The van der Waals surface area contributed by atoms with Crippen molar-refractivity contribution in [3.05, 3.63) is 51.5 Å². The number of rotatable bonds is 5. The molecule has 20 heavy (non-hydrogen) atoms. The molecule has 0 aliphatic heterocycles. The quantitative estimate of drug-likeness (QED) is 0.706. The molecule has 2 rings (SSSR count). The van der Waals surface area contributed by atoms with Crippen molar-refractivity contribution >= 4 is 45.0 Å². The normalized spacial score (nSPS) is 10.4. The van der Waals surface area contributed by atoms with Gasteiger partial charge in [0.15, 0.2) is 5.75 Å². The number of methoxy groups -OCH3 is 1. The highest BCUT2D eigenvalue weighted by atomic mass is 79.9. The molecule has 0 heterocycles. The zero-order valence-electron chi connectivity index (χ0n) is 11.2. The van der Waals surface area contributed by atoms with E-state index in [-0.39, 0.29) is 0 Å². The molecule has 0 unspecified atom stereocenters. The van der Waals surface area contributed by atoms with Gasteiger partial charge in [0.05, 0.1) is 17.3 Å². The van der Waals surface area contributed by atoms with Gasteiger partial charge in [-0.2, -0.15) is 0 Å². The summed E-state index contributed by atoms with van der Waals surface area (Å²) < 4.78 is 6.23. The Bertz CT molecular complexity index is 589. The van der Waals surface area contributed by atoms with Gasteiger partial charge in [0.1, 0.15) is 0 Å². The smallest absolute Gasteiger partial charge is 0.156 e. The second-order valence-corrected chi connectivity index (χ2v) is 6.34. The summed E-state index contributed by atoms with van der Waals surface area (Å²) in [7, 11) is 1.65. The van der Waals surface area contributed by atoms with Crippen LogP contribution >= 0.6 is 39.3 Å². The van der Waals surface area contributed by atoms with Gasteiger partial charge in [0.2, 0.25) is 0 Å². The van der Waals surface area contributed by atoms with Gasteiger partial charge in [-0.05, 0) is 52.0 Å². The number of hydrogen-bond acceptors (Lipinski definition) is 3. The van der Waals surface area contributed by atoms with Crippen molar-refractivity contribution in [1.82, 2.24) is 0 Å². The zero-order valence-corrected chi connectivity index (χ0v) is 14.4. The molecule has 0 aromatic heterocycles. The highest BCUT2D eigenvalue weighted by Gasteiger charge is 2.09. The lowest BCUT2D eigenvalue weighted by Gasteiger charge is -2.13. The number of halogens is 2. The summed E-state index contributed by atoms with van der Waals surface area (Å²) in [6.45, 7) is 0.720. The van der Waals surface area contributed by atoms with E-state index in [0.29, 0.717) is 5.02 Å². The maximum absolute atomic E-state index is 6.07. The molecule has 0 fully saturated rings. The van der Waals surface area contributed by atoms with Crippen molar-refractivity contribution in [2.75, 3.05) is 18.7 Å². The Morgan fingerprint density at radius 2 is 1.95 bits per heavy atom. The maximum Gasteiger partial charge on any atom is 0.156 e. The van der Waals surface area contributed by atoms with Crippen LogP contribution in [0.1, 0.15) is 5.56 Å². The molecule has 2 nitrogen and oxygen atoms in total. The summed E-state index contributed by atoms with van der Waals surface area (Å²) in [6, 6.07) is 12.1. The highest BCUT2D eigenvalue weighted by Crippen LogP contribution is 2.36. The predicted molar refractivity (Wildman–Crippen MR) is 91.3 cm³/mol. The molecule has 0 radical (unpaired) electrons. The van der Waals surface area contributed by atoms with E-state index in [1.165, 1.54) is 10.5 Å². The van der Waals surface area contributed by atoms with Gasteiger partial charge in [-0.25, -0.2) is 0 Å². The number of nitrogens with one attached hydrogen (secondary N) is 1. The van der Waals surface area contributed by atoms with E-state index in [1.807, 2.05) is 12.1 Å². The fourth-order valence-electron chi connectivity index (χ4n) is 1.84. The maximum atomic E-state index is 6.07. The first-order valence-electron chi connectivity index (χ1n) is 6.04. The van der Waals surface area contributed by atoms with E-state index < -0.39 is 0 Å². The Morgan fingerprint density at radius 3 is 2.55 bits per heavy atom. The average Bonchev–Trinajstić information content (AvgIpc) is 2.45. The first kappa shape index (κ1) is 15.5. The van der Waals surface area contributed by atoms with Crippen LogP contribution in [0, 0.1) is 0 Å². The minimum Gasteiger partial charge on any atom is -0.493 e. The van der Waals surface area contributed by atoms with Gasteiger partial charge >= 0.3 is 0 Å². The van der Waals surface area contributed by atoms with Crippen LogP contribution in [-0.2, 0) is 6.54 Å². The Morgan fingerprint density at radius 1 is 1.25 bits per heavy atom. The van der Waals surface area contributed by atoms with Crippen LogP contribution in [0.2, 0.25) is 5.02 Å². The minimum atomic E-state index is 0.665.